The number of benzene rings is 2. The summed E-state index contributed by atoms with van der Waals surface area (Å²) in [6, 6.07) is 15.5. The van der Waals surface area contributed by atoms with Gasteiger partial charge in [0.1, 0.15) is 11.6 Å². The lowest BCUT2D eigenvalue weighted by Crippen LogP contribution is -2.10. The molecule has 1 amide bonds. The zero-order valence-corrected chi connectivity index (χ0v) is 11.1. The average molecular weight is 271 g/mol. The minimum Gasteiger partial charge on any atom is -0.508 e. The predicted octanol–water partition coefficient (Wildman–Crippen LogP) is 2.32. The van der Waals surface area contributed by atoms with Crippen molar-refractivity contribution >= 4 is 17.4 Å². The third-order valence-electron chi connectivity index (χ3n) is 2.27. The summed E-state index contributed by atoms with van der Waals surface area (Å²) < 4.78 is 0. The second-order valence-electron chi connectivity index (χ2n) is 4.01. The Morgan fingerprint density at radius 1 is 1.10 bits per heavy atom. The van der Waals surface area contributed by atoms with E-state index in [1.807, 2.05) is 30.3 Å². The van der Waals surface area contributed by atoms with Crippen molar-refractivity contribution < 1.29 is 9.90 Å². The molecule has 0 atom stereocenters. The van der Waals surface area contributed by atoms with E-state index < -0.39 is 0 Å². The van der Waals surface area contributed by atoms with Crippen LogP contribution in [0.15, 0.2) is 54.6 Å². The Labute approximate surface area is 117 Å². The summed E-state index contributed by atoms with van der Waals surface area (Å²) in [6.07, 6.45) is 0. The van der Waals surface area contributed by atoms with Crippen LogP contribution in [0.1, 0.15) is 12.5 Å². The van der Waals surface area contributed by atoms with Crippen LogP contribution in [0.25, 0.3) is 0 Å². The van der Waals surface area contributed by atoms with Crippen molar-refractivity contribution in [1.82, 2.24) is 0 Å². The number of hydrogen-bond acceptors (Lipinski definition) is 3. The molecule has 2 aromatic rings. The third-order valence-corrected chi connectivity index (χ3v) is 2.27. The number of phenolic OH excluding ortho intramolecular Hbond substituents is 1. The van der Waals surface area contributed by atoms with Gasteiger partial charge in [0.25, 0.3) is 0 Å². The molecular formula is C15H17N3O2. The molecule has 5 heteroatoms. The maximum Gasteiger partial charge on any atom is 0.221 e. The summed E-state index contributed by atoms with van der Waals surface area (Å²) in [6.45, 7) is 1.44. The van der Waals surface area contributed by atoms with Crippen LogP contribution in [0.4, 0.5) is 5.69 Å². The van der Waals surface area contributed by atoms with E-state index in [2.05, 4.69) is 5.32 Å². The van der Waals surface area contributed by atoms with Crippen molar-refractivity contribution in [2.24, 2.45) is 5.73 Å². The Morgan fingerprint density at radius 2 is 1.65 bits per heavy atom. The monoisotopic (exact) mass is 271 g/mol. The molecule has 0 fully saturated rings. The molecule has 0 unspecified atom stereocenters. The van der Waals surface area contributed by atoms with Gasteiger partial charge in [-0.2, -0.15) is 0 Å². The number of rotatable bonds is 2. The van der Waals surface area contributed by atoms with E-state index in [9.17, 15) is 4.79 Å². The summed E-state index contributed by atoms with van der Waals surface area (Å²) >= 11 is 0. The van der Waals surface area contributed by atoms with Gasteiger partial charge in [-0.05, 0) is 24.3 Å². The molecule has 0 spiro atoms. The molecule has 0 aliphatic carbocycles. The first kappa shape index (κ1) is 15.2. The Balaban J connectivity index is 0.000000204. The van der Waals surface area contributed by atoms with Crippen LogP contribution >= 0.6 is 0 Å². The van der Waals surface area contributed by atoms with Gasteiger partial charge in [0.2, 0.25) is 5.91 Å². The SMILES string of the molecule is CC(=O)Nc1ccc(O)cc1.N=C(N)c1ccccc1. The lowest BCUT2D eigenvalue weighted by Gasteiger charge is -1.99. The van der Waals surface area contributed by atoms with Gasteiger partial charge in [0.05, 0.1) is 0 Å². The Morgan fingerprint density at radius 3 is 2.05 bits per heavy atom. The van der Waals surface area contributed by atoms with Gasteiger partial charge in [0.15, 0.2) is 0 Å². The summed E-state index contributed by atoms with van der Waals surface area (Å²) in [5.41, 5.74) is 6.66. The molecule has 0 heterocycles. The van der Waals surface area contributed by atoms with Gasteiger partial charge in [-0.25, -0.2) is 0 Å². The summed E-state index contributed by atoms with van der Waals surface area (Å²) in [5.74, 6) is 0.199. The molecule has 2 aromatic carbocycles. The molecular weight excluding hydrogens is 254 g/mol. The molecule has 0 saturated heterocycles. The van der Waals surface area contributed by atoms with E-state index in [-0.39, 0.29) is 17.5 Å². The molecule has 2 rings (SSSR count). The number of carbonyl (C=O) groups is 1. The van der Waals surface area contributed by atoms with Crippen LogP contribution in [0.2, 0.25) is 0 Å². The molecule has 0 aliphatic heterocycles. The fourth-order valence-corrected chi connectivity index (χ4v) is 1.37. The Hall–Kier alpha value is -2.82. The molecule has 0 radical (unpaired) electrons. The number of phenols is 1. The highest BCUT2D eigenvalue weighted by Crippen LogP contribution is 2.13. The largest absolute Gasteiger partial charge is 0.508 e. The van der Waals surface area contributed by atoms with Crippen molar-refractivity contribution in [2.75, 3.05) is 5.32 Å². The normalized spacial score (nSPS) is 9.05. The second kappa shape index (κ2) is 7.58. The van der Waals surface area contributed by atoms with E-state index in [1.54, 1.807) is 12.1 Å². The fourth-order valence-electron chi connectivity index (χ4n) is 1.37. The standard InChI is InChI=1S/C8H9NO2.C7H8N2/c1-6(10)9-7-2-4-8(11)5-3-7;8-7(9)6-4-2-1-3-5-6/h2-5,11H,1H3,(H,9,10);1-5H,(H3,8,9). The van der Waals surface area contributed by atoms with E-state index in [0.717, 1.165) is 5.56 Å². The lowest BCUT2D eigenvalue weighted by atomic mass is 10.2. The Kier molecular flexibility index (Phi) is 5.77. The fraction of sp³-hybridized carbons (Fsp3) is 0.0667. The summed E-state index contributed by atoms with van der Waals surface area (Å²) in [7, 11) is 0. The van der Waals surface area contributed by atoms with Gasteiger partial charge < -0.3 is 16.2 Å². The lowest BCUT2D eigenvalue weighted by molar-refractivity contribution is -0.114. The zero-order valence-electron chi connectivity index (χ0n) is 11.1. The van der Waals surface area contributed by atoms with Gasteiger partial charge in [-0.15, -0.1) is 0 Å². The van der Waals surface area contributed by atoms with Crippen LogP contribution in [-0.4, -0.2) is 16.8 Å². The molecule has 20 heavy (non-hydrogen) atoms. The molecule has 0 bridgehead atoms. The van der Waals surface area contributed by atoms with E-state index in [0.29, 0.717) is 5.69 Å². The minimum atomic E-state index is -0.115. The van der Waals surface area contributed by atoms with Crippen molar-refractivity contribution in [2.45, 2.75) is 6.92 Å². The number of nitrogens with one attached hydrogen (secondary N) is 2. The quantitative estimate of drug-likeness (QED) is 0.383. The highest BCUT2D eigenvalue weighted by atomic mass is 16.3. The molecule has 5 N–H and O–H groups in total. The van der Waals surface area contributed by atoms with Crippen LogP contribution < -0.4 is 11.1 Å². The van der Waals surface area contributed by atoms with Gasteiger partial charge in [-0.1, -0.05) is 30.3 Å². The number of amidine groups is 1. The first-order chi connectivity index (χ1) is 9.49. The van der Waals surface area contributed by atoms with Crippen LogP contribution in [0.3, 0.4) is 0 Å². The number of amides is 1. The van der Waals surface area contributed by atoms with Gasteiger partial charge in [-0.3, -0.25) is 10.2 Å². The number of nitrogens with two attached hydrogens (primary N) is 1. The molecule has 0 aliphatic rings. The van der Waals surface area contributed by atoms with E-state index >= 15 is 0 Å². The number of hydrogen-bond donors (Lipinski definition) is 4. The number of carbonyl (C=O) groups excluding carboxylic acids is 1. The van der Waals surface area contributed by atoms with Crippen molar-refractivity contribution in [1.29, 1.82) is 5.41 Å². The smallest absolute Gasteiger partial charge is 0.221 e. The molecule has 5 nitrogen and oxygen atoms in total. The first-order valence-electron chi connectivity index (χ1n) is 5.95. The van der Waals surface area contributed by atoms with Crippen LogP contribution in [-0.2, 0) is 4.79 Å². The van der Waals surface area contributed by atoms with Crippen molar-refractivity contribution in [3.63, 3.8) is 0 Å². The minimum absolute atomic E-state index is 0.115. The summed E-state index contributed by atoms with van der Waals surface area (Å²) in [4.78, 5) is 10.5. The zero-order chi connectivity index (χ0) is 15.0. The predicted molar refractivity (Wildman–Crippen MR) is 79.9 cm³/mol. The Bertz CT molecular complexity index is 565. The average Bonchev–Trinajstić information content (AvgIpc) is 2.43. The van der Waals surface area contributed by atoms with E-state index in [1.165, 1.54) is 19.1 Å². The van der Waals surface area contributed by atoms with Gasteiger partial charge >= 0.3 is 0 Å². The highest BCUT2D eigenvalue weighted by molar-refractivity contribution is 5.94. The molecule has 0 saturated carbocycles. The number of anilines is 1. The van der Waals surface area contributed by atoms with Gasteiger partial charge in [0, 0.05) is 18.2 Å². The topological polar surface area (TPSA) is 99.2 Å². The highest BCUT2D eigenvalue weighted by Gasteiger charge is 1.93. The van der Waals surface area contributed by atoms with Crippen molar-refractivity contribution in [3.05, 3.63) is 60.2 Å². The molecule has 0 aromatic heterocycles. The van der Waals surface area contributed by atoms with Crippen LogP contribution in [0, 0.1) is 5.41 Å². The van der Waals surface area contributed by atoms with Crippen molar-refractivity contribution in [3.8, 4) is 5.75 Å². The van der Waals surface area contributed by atoms with Crippen LogP contribution in [0.5, 0.6) is 5.75 Å². The maximum absolute atomic E-state index is 10.5. The van der Waals surface area contributed by atoms with E-state index in [4.69, 9.17) is 16.2 Å². The first-order valence-corrected chi connectivity index (χ1v) is 5.95. The number of nitrogen functional groups attached to an aromatic ring is 1. The number of aromatic hydroxyl groups is 1. The molecule has 104 valence electrons. The third kappa shape index (κ3) is 5.68. The summed E-state index contributed by atoms with van der Waals surface area (Å²) in [5, 5.41) is 18.5. The second-order valence-corrected chi connectivity index (χ2v) is 4.01. The maximum atomic E-state index is 10.5.